The van der Waals surface area contributed by atoms with Crippen molar-refractivity contribution in [1.29, 1.82) is 0 Å². The van der Waals surface area contributed by atoms with Crippen molar-refractivity contribution >= 4 is 27.9 Å². The molecule has 0 aromatic heterocycles. The zero-order valence-corrected chi connectivity index (χ0v) is 13.8. The van der Waals surface area contributed by atoms with Crippen LogP contribution in [0.25, 0.3) is 0 Å². The minimum absolute atomic E-state index is 0.116. The molecule has 0 aliphatic carbocycles. The molecule has 21 heavy (non-hydrogen) atoms. The van der Waals surface area contributed by atoms with Gasteiger partial charge in [0.05, 0.1) is 13.2 Å². The molecule has 0 bridgehead atoms. The highest BCUT2D eigenvalue weighted by atomic mass is 79.9. The van der Waals surface area contributed by atoms with Crippen LogP contribution in [-0.2, 0) is 24.7 Å². The van der Waals surface area contributed by atoms with Crippen molar-refractivity contribution in [3.8, 4) is 0 Å². The Morgan fingerprint density at radius 2 is 1.57 bits per heavy atom. The summed E-state index contributed by atoms with van der Waals surface area (Å²) in [5.74, 6) is -3.04. The molecule has 0 heterocycles. The lowest BCUT2D eigenvalue weighted by molar-refractivity contribution is -0.174. The molecule has 5 nitrogen and oxygen atoms in total. The molecule has 0 fully saturated rings. The van der Waals surface area contributed by atoms with Gasteiger partial charge in [-0.25, -0.2) is 0 Å². The normalized spacial score (nSPS) is 13.6. The maximum Gasteiger partial charge on any atom is 0.323 e. The SMILES string of the molecule is CCOC(=O)C(C(=O)OCC)C(C)(O)c1ccc(Br)cc1. The summed E-state index contributed by atoms with van der Waals surface area (Å²) in [6.07, 6.45) is 0. The van der Waals surface area contributed by atoms with E-state index in [0.29, 0.717) is 5.56 Å². The molecule has 0 spiro atoms. The Balaban J connectivity index is 3.18. The van der Waals surface area contributed by atoms with E-state index in [1.807, 2.05) is 0 Å². The molecule has 1 rings (SSSR count). The summed E-state index contributed by atoms with van der Waals surface area (Å²) in [4.78, 5) is 24.1. The first-order valence-electron chi connectivity index (χ1n) is 6.66. The van der Waals surface area contributed by atoms with Crippen molar-refractivity contribution in [3.63, 3.8) is 0 Å². The van der Waals surface area contributed by atoms with Gasteiger partial charge in [-0.05, 0) is 38.5 Å². The van der Waals surface area contributed by atoms with Crippen LogP contribution >= 0.6 is 15.9 Å². The van der Waals surface area contributed by atoms with Gasteiger partial charge < -0.3 is 14.6 Å². The summed E-state index contributed by atoms with van der Waals surface area (Å²) in [6.45, 7) is 4.90. The third-order valence-corrected chi connectivity index (χ3v) is 3.56. The second-order valence-electron chi connectivity index (χ2n) is 4.59. The number of benzene rings is 1. The van der Waals surface area contributed by atoms with Gasteiger partial charge in [0.1, 0.15) is 5.60 Å². The summed E-state index contributed by atoms with van der Waals surface area (Å²) in [5.41, 5.74) is -1.30. The number of halogens is 1. The largest absolute Gasteiger partial charge is 0.465 e. The minimum Gasteiger partial charge on any atom is -0.465 e. The van der Waals surface area contributed by atoms with E-state index in [4.69, 9.17) is 9.47 Å². The molecular formula is C15H19BrO5. The van der Waals surface area contributed by atoms with Gasteiger partial charge in [0, 0.05) is 4.47 Å². The maximum atomic E-state index is 12.1. The van der Waals surface area contributed by atoms with Crippen LogP contribution in [-0.4, -0.2) is 30.3 Å². The third kappa shape index (κ3) is 4.28. The van der Waals surface area contributed by atoms with Gasteiger partial charge in [0.25, 0.3) is 0 Å². The fourth-order valence-corrected chi connectivity index (χ4v) is 2.22. The number of rotatable bonds is 6. The molecule has 1 aromatic rings. The van der Waals surface area contributed by atoms with Crippen molar-refractivity contribution in [2.45, 2.75) is 26.4 Å². The molecule has 1 aromatic carbocycles. The van der Waals surface area contributed by atoms with Gasteiger partial charge in [-0.2, -0.15) is 0 Å². The van der Waals surface area contributed by atoms with Crippen molar-refractivity contribution in [3.05, 3.63) is 34.3 Å². The summed E-state index contributed by atoms with van der Waals surface area (Å²) >= 11 is 3.29. The molecule has 0 saturated carbocycles. The zero-order valence-electron chi connectivity index (χ0n) is 12.3. The first-order chi connectivity index (χ1) is 9.84. The Hall–Kier alpha value is -1.40. The highest BCUT2D eigenvalue weighted by molar-refractivity contribution is 9.10. The number of hydrogen-bond donors (Lipinski definition) is 1. The fraction of sp³-hybridized carbons (Fsp3) is 0.467. The summed E-state index contributed by atoms with van der Waals surface area (Å²) in [7, 11) is 0. The Kier molecular flexibility index (Phi) is 6.36. The van der Waals surface area contributed by atoms with Crippen LogP contribution in [0.5, 0.6) is 0 Å². The minimum atomic E-state index is -1.72. The Bertz CT molecular complexity index is 477. The highest BCUT2D eigenvalue weighted by Crippen LogP contribution is 2.32. The summed E-state index contributed by atoms with van der Waals surface area (Å²) in [6, 6.07) is 6.71. The first-order valence-corrected chi connectivity index (χ1v) is 7.45. The Labute approximate surface area is 132 Å². The van der Waals surface area contributed by atoms with Crippen LogP contribution in [0.3, 0.4) is 0 Å². The molecule has 116 valence electrons. The molecule has 0 aliphatic heterocycles. The molecule has 1 unspecified atom stereocenters. The topological polar surface area (TPSA) is 72.8 Å². The summed E-state index contributed by atoms with van der Waals surface area (Å²) < 4.78 is 10.6. The first kappa shape index (κ1) is 17.7. The lowest BCUT2D eigenvalue weighted by Crippen LogP contribution is -2.44. The van der Waals surface area contributed by atoms with E-state index >= 15 is 0 Å². The van der Waals surface area contributed by atoms with Gasteiger partial charge in [0.2, 0.25) is 0 Å². The van der Waals surface area contributed by atoms with E-state index in [-0.39, 0.29) is 13.2 Å². The zero-order chi connectivity index (χ0) is 16.0. The predicted octanol–water partition coefficient (Wildman–Crippen LogP) is 2.40. The van der Waals surface area contributed by atoms with E-state index in [1.165, 1.54) is 6.92 Å². The maximum absolute atomic E-state index is 12.1. The van der Waals surface area contributed by atoms with Crippen LogP contribution in [0.2, 0.25) is 0 Å². The Morgan fingerprint density at radius 3 is 1.95 bits per heavy atom. The van der Waals surface area contributed by atoms with E-state index in [2.05, 4.69) is 15.9 Å². The average Bonchev–Trinajstić information content (AvgIpc) is 2.39. The van der Waals surface area contributed by atoms with E-state index < -0.39 is 23.5 Å². The highest BCUT2D eigenvalue weighted by Gasteiger charge is 2.46. The van der Waals surface area contributed by atoms with E-state index in [9.17, 15) is 14.7 Å². The molecule has 0 saturated heterocycles. The Morgan fingerprint density at radius 1 is 1.14 bits per heavy atom. The van der Waals surface area contributed by atoms with Gasteiger partial charge >= 0.3 is 11.9 Å². The van der Waals surface area contributed by atoms with E-state index in [0.717, 1.165) is 4.47 Å². The standard InChI is InChI=1S/C15H19BrO5/c1-4-20-13(17)12(14(18)21-5-2)15(3,19)10-6-8-11(16)9-7-10/h6-9,12,19H,4-5H2,1-3H3. The number of carbonyl (C=O) groups excluding carboxylic acids is 2. The van der Waals surface area contributed by atoms with Crippen molar-refractivity contribution < 1.29 is 24.2 Å². The van der Waals surface area contributed by atoms with E-state index in [1.54, 1.807) is 38.1 Å². The van der Waals surface area contributed by atoms with Crippen molar-refractivity contribution in [2.75, 3.05) is 13.2 Å². The molecule has 0 radical (unpaired) electrons. The van der Waals surface area contributed by atoms with Crippen LogP contribution in [0.4, 0.5) is 0 Å². The molecule has 0 amide bonds. The van der Waals surface area contributed by atoms with Gasteiger partial charge in [-0.3, -0.25) is 9.59 Å². The molecular weight excluding hydrogens is 340 g/mol. The molecule has 6 heteroatoms. The third-order valence-electron chi connectivity index (χ3n) is 3.04. The summed E-state index contributed by atoms with van der Waals surface area (Å²) in [5, 5.41) is 10.7. The molecule has 0 aliphatic rings. The lowest BCUT2D eigenvalue weighted by atomic mass is 9.82. The van der Waals surface area contributed by atoms with Gasteiger partial charge in [-0.1, -0.05) is 28.1 Å². The number of aliphatic hydroxyl groups is 1. The van der Waals surface area contributed by atoms with Crippen molar-refractivity contribution in [2.24, 2.45) is 5.92 Å². The number of ether oxygens (including phenoxy) is 2. The average molecular weight is 359 g/mol. The molecule has 1 atom stereocenters. The monoisotopic (exact) mass is 358 g/mol. The van der Waals surface area contributed by atoms with Crippen LogP contribution in [0.1, 0.15) is 26.3 Å². The number of hydrogen-bond acceptors (Lipinski definition) is 5. The van der Waals surface area contributed by atoms with Crippen LogP contribution in [0, 0.1) is 5.92 Å². The second kappa shape index (κ2) is 7.56. The van der Waals surface area contributed by atoms with Crippen LogP contribution < -0.4 is 0 Å². The second-order valence-corrected chi connectivity index (χ2v) is 5.51. The van der Waals surface area contributed by atoms with Gasteiger partial charge in [0.15, 0.2) is 5.92 Å². The van der Waals surface area contributed by atoms with Crippen LogP contribution in [0.15, 0.2) is 28.7 Å². The quantitative estimate of drug-likeness (QED) is 0.624. The number of carbonyl (C=O) groups is 2. The molecule has 1 N–H and O–H groups in total. The predicted molar refractivity (Wildman–Crippen MR) is 80.5 cm³/mol. The van der Waals surface area contributed by atoms with Gasteiger partial charge in [-0.15, -0.1) is 0 Å². The number of esters is 2. The van der Waals surface area contributed by atoms with Crippen molar-refractivity contribution in [1.82, 2.24) is 0 Å². The fourth-order valence-electron chi connectivity index (χ4n) is 1.96. The lowest BCUT2D eigenvalue weighted by Gasteiger charge is -2.30. The smallest absolute Gasteiger partial charge is 0.323 e.